The predicted octanol–water partition coefficient (Wildman–Crippen LogP) is 1.05. The molecule has 0 atom stereocenters. The minimum atomic E-state index is -0.396. The highest BCUT2D eigenvalue weighted by atomic mass is 16.7. The smallest absolute Gasteiger partial charge is 0.332 e. The molecule has 0 radical (unpaired) electrons. The lowest BCUT2D eigenvalue weighted by atomic mass is 9.95. The van der Waals surface area contributed by atoms with E-state index in [-0.39, 0.29) is 24.8 Å². The Morgan fingerprint density at radius 1 is 1.14 bits per heavy atom. The van der Waals surface area contributed by atoms with E-state index in [4.69, 9.17) is 4.84 Å². The van der Waals surface area contributed by atoms with E-state index in [2.05, 4.69) is 0 Å². The first kappa shape index (κ1) is 9.65. The zero-order valence-electron chi connectivity index (χ0n) is 8.20. The summed E-state index contributed by atoms with van der Waals surface area (Å²) in [6.07, 6.45) is 5.64. The summed E-state index contributed by atoms with van der Waals surface area (Å²) in [6.45, 7) is 0.288. The second-order valence-corrected chi connectivity index (χ2v) is 4.05. The molecule has 4 nitrogen and oxygen atoms in total. The molecule has 1 aliphatic heterocycles. The lowest BCUT2D eigenvalue weighted by Gasteiger charge is -2.33. The largest absolute Gasteiger partial charge is 0.367 e. The van der Waals surface area contributed by atoms with Gasteiger partial charge in [0.05, 0.1) is 6.54 Å². The van der Waals surface area contributed by atoms with E-state index >= 15 is 0 Å². The van der Waals surface area contributed by atoms with Crippen molar-refractivity contribution in [1.82, 2.24) is 5.06 Å². The molecule has 0 spiro atoms. The molecular formula is C10H15NO3. The van der Waals surface area contributed by atoms with Gasteiger partial charge in [-0.05, 0) is 12.8 Å². The fraction of sp³-hybridized carbons (Fsp3) is 0.800. The predicted molar refractivity (Wildman–Crippen MR) is 49.3 cm³/mol. The van der Waals surface area contributed by atoms with Gasteiger partial charge in [0.2, 0.25) is 0 Å². The van der Waals surface area contributed by atoms with Crippen LogP contribution in [0.3, 0.4) is 0 Å². The van der Waals surface area contributed by atoms with Crippen LogP contribution in [0.25, 0.3) is 0 Å². The standard InChI is InChI=1S/C10H15NO3/c12-9-6-10(13)14-11(7-9)8-4-2-1-3-5-8/h8H,1-7H2. The van der Waals surface area contributed by atoms with Gasteiger partial charge in [-0.3, -0.25) is 4.79 Å². The Balaban J connectivity index is 1.95. The summed E-state index contributed by atoms with van der Waals surface area (Å²) >= 11 is 0. The number of carbonyl (C=O) groups is 2. The number of ketones is 1. The van der Waals surface area contributed by atoms with Crippen LogP contribution in [-0.2, 0) is 14.4 Å². The zero-order valence-corrected chi connectivity index (χ0v) is 8.20. The van der Waals surface area contributed by atoms with E-state index in [9.17, 15) is 9.59 Å². The van der Waals surface area contributed by atoms with Crippen molar-refractivity contribution in [2.75, 3.05) is 6.54 Å². The first-order chi connectivity index (χ1) is 6.75. The van der Waals surface area contributed by atoms with Gasteiger partial charge in [0.15, 0.2) is 5.78 Å². The Hall–Kier alpha value is -0.900. The van der Waals surface area contributed by atoms with Crippen LogP contribution in [0.5, 0.6) is 0 Å². The quantitative estimate of drug-likeness (QED) is 0.589. The number of rotatable bonds is 1. The molecule has 14 heavy (non-hydrogen) atoms. The summed E-state index contributed by atoms with van der Waals surface area (Å²) in [5.41, 5.74) is 0. The van der Waals surface area contributed by atoms with Crippen LogP contribution in [-0.4, -0.2) is 29.4 Å². The van der Waals surface area contributed by atoms with Gasteiger partial charge in [0.1, 0.15) is 6.42 Å². The van der Waals surface area contributed by atoms with Crippen LogP contribution in [0.4, 0.5) is 0 Å². The Morgan fingerprint density at radius 2 is 1.86 bits per heavy atom. The minimum Gasteiger partial charge on any atom is -0.367 e. The Kier molecular flexibility index (Phi) is 2.82. The summed E-state index contributed by atoms with van der Waals surface area (Å²) < 4.78 is 0. The molecule has 1 aliphatic carbocycles. The Labute approximate surface area is 83.2 Å². The van der Waals surface area contributed by atoms with Gasteiger partial charge in [0.25, 0.3) is 0 Å². The molecule has 1 heterocycles. The van der Waals surface area contributed by atoms with Crippen molar-refractivity contribution in [2.45, 2.75) is 44.6 Å². The molecular weight excluding hydrogens is 182 g/mol. The normalized spacial score (nSPS) is 26.3. The topological polar surface area (TPSA) is 46.6 Å². The molecule has 0 N–H and O–H groups in total. The molecule has 0 aromatic rings. The van der Waals surface area contributed by atoms with E-state index in [1.165, 1.54) is 19.3 Å². The average Bonchev–Trinajstić information content (AvgIpc) is 2.18. The maximum absolute atomic E-state index is 11.2. The van der Waals surface area contributed by atoms with Gasteiger partial charge in [-0.25, -0.2) is 4.79 Å². The van der Waals surface area contributed by atoms with Gasteiger partial charge < -0.3 is 4.84 Å². The third-order valence-electron chi connectivity index (χ3n) is 2.87. The third kappa shape index (κ3) is 2.12. The zero-order chi connectivity index (χ0) is 9.97. The summed E-state index contributed by atoms with van der Waals surface area (Å²) in [6, 6.07) is 0.275. The van der Waals surface area contributed by atoms with Crippen LogP contribution in [0.15, 0.2) is 0 Å². The van der Waals surface area contributed by atoms with Crippen LogP contribution in [0, 0.1) is 0 Å². The average molecular weight is 197 g/mol. The van der Waals surface area contributed by atoms with E-state index in [0.29, 0.717) is 0 Å². The highest BCUT2D eigenvalue weighted by Gasteiger charge is 2.31. The number of nitrogens with zero attached hydrogens (tertiary/aromatic N) is 1. The molecule has 2 rings (SSSR count). The third-order valence-corrected chi connectivity index (χ3v) is 2.87. The maximum atomic E-state index is 11.2. The first-order valence-electron chi connectivity index (χ1n) is 5.25. The fourth-order valence-electron chi connectivity index (χ4n) is 2.16. The second kappa shape index (κ2) is 4.09. The summed E-state index contributed by atoms with van der Waals surface area (Å²) in [7, 11) is 0. The van der Waals surface area contributed by atoms with Gasteiger partial charge >= 0.3 is 5.97 Å². The molecule has 2 aliphatic rings. The molecule has 4 heteroatoms. The maximum Gasteiger partial charge on any atom is 0.332 e. The second-order valence-electron chi connectivity index (χ2n) is 4.05. The Bertz CT molecular complexity index is 230. The van der Waals surface area contributed by atoms with E-state index < -0.39 is 5.97 Å². The number of hydrogen-bond donors (Lipinski definition) is 0. The van der Waals surface area contributed by atoms with E-state index in [1.807, 2.05) is 0 Å². The highest BCUT2D eigenvalue weighted by Crippen LogP contribution is 2.24. The molecule has 1 saturated carbocycles. The van der Waals surface area contributed by atoms with Gasteiger partial charge in [-0.2, -0.15) is 0 Å². The van der Waals surface area contributed by atoms with E-state index in [1.54, 1.807) is 5.06 Å². The van der Waals surface area contributed by atoms with Gasteiger partial charge in [-0.1, -0.05) is 19.3 Å². The number of carbonyl (C=O) groups excluding carboxylic acids is 2. The van der Waals surface area contributed by atoms with Crippen LogP contribution in [0.2, 0.25) is 0 Å². The molecule has 0 unspecified atom stereocenters. The monoisotopic (exact) mass is 197 g/mol. The van der Waals surface area contributed by atoms with Crippen LogP contribution < -0.4 is 0 Å². The van der Waals surface area contributed by atoms with Crippen molar-refractivity contribution in [3.05, 3.63) is 0 Å². The molecule has 1 saturated heterocycles. The van der Waals surface area contributed by atoms with Crippen LogP contribution >= 0.6 is 0 Å². The molecule has 0 bridgehead atoms. The van der Waals surface area contributed by atoms with Gasteiger partial charge in [-0.15, -0.1) is 5.06 Å². The van der Waals surface area contributed by atoms with Gasteiger partial charge in [0, 0.05) is 6.04 Å². The SMILES string of the molecule is O=C1CC(=O)ON(C2CCCCC2)C1. The van der Waals surface area contributed by atoms with Crippen molar-refractivity contribution in [1.29, 1.82) is 0 Å². The summed E-state index contributed by atoms with van der Waals surface area (Å²) in [5.74, 6) is -0.418. The summed E-state index contributed by atoms with van der Waals surface area (Å²) in [5, 5.41) is 1.59. The van der Waals surface area contributed by atoms with Crippen LogP contribution in [0.1, 0.15) is 38.5 Å². The molecule has 78 valence electrons. The fourth-order valence-corrected chi connectivity index (χ4v) is 2.16. The lowest BCUT2D eigenvalue weighted by Crippen LogP contribution is -2.45. The van der Waals surface area contributed by atoms with Crippen molar-refractivity contribution < 1.29 is 14.4 Å². The first-order valence-corrected chi connectivity index (χ1v) is 5.25. The number of Topliss-reactive ketones (excluding diaryl/α,β-unsaturated/α-hetero) is 1. The van der Waals surface area contributed by atoms with Crippen molar-refractivity contribution in [3.8, 4) is 0 Å². The van der Waals surface area contributed by atoms with Crippen molar-refractivity contribution in [2.24, 2.45) is 0 Å². The number of hydroxylamine groups is 2. The minimum absolute atomic E-state index is 0.0215. The molecule has 0 aromatic heterocycles. The van der Waals surface area contributed by atoms with Crippen molar-refractivity contribution >= 4 is 11.8 Å². The van der Waals surface area contributed by atoms with Crippen molar-refractivity contribution in [3.63, 3.8) is 0 Å². The lowest BCUT2D eigenvalue weighted by molar-refractivity contribution is -0.213. The number of hydrogen-bond acceptors (Lipinski definition) is 4. The summed E-state index contributed by atoms with van der Waals surface area (Å²) in [4.78, 5) is 27.3. The molecule has 0 amide bonds. The highest BCUT2D eigenvalue weighted by molar-refractivity contribution is 5.97. The molecule has 2 fully saturated rings. The molecule has 0 aromatic carbocycles. The Morgan fingerprint density at radius 3 is 2.50 bits per heavy atom. The van der Waals surface area contributed by atoms with E-state index in [0.717, 1.165) is 12.8 Å².